The molecule has 1 fully saturated rings. The Balaban J connectivity index is 2.82. The molecule has 17 heavy (non-hydrogen) atoms. The summed E-state index contributed by atoms with van der Waals surface area (Å²) in [5, 5.41) is 3.53. The van der Waals surface area contributed by atoms with Crippen molar-refractivity contribution in [2.24, 2.45) is 5.11 Å². The maximum absolute atomic E-state index is 11.0. The lowest BCUT2D eigenvalue weighted by Crippen LogP contribution is -2.42. The molecule has 0 amide bonds. The molecule has 1 aliphatic heterocycles. The van der Waals surface area contributed by atoms with Gasteiger partial charge in [0.1, 0.15) is 18.2 Å². The molecule has 0 aromatic heterocycles. The first-order chi connectivity index (χ1) is 8.13. The lowest BCUT2D eigenvalue weighted by atomic mass is 10.1. The molecule has 0 saturated carbocycles. The third-order valence-electron chi connectivity index (χ3n) is 2.40. The van der Waals surface area contributed by atoms with Crippen molar-refractivity contribution in [1.82, 2.24) is 0 Å². The molecular weight excluding hydrogens is 230 g/mol. The van der Waals surface area contributed by atoms with Crippen LogP contribution in [0.3, 0.4) is 0 Å². The summed E-state index contributed by atoms with van der Waals surface area (Å²) in [6, 6.07) is -0.568. The molecule has 0 spiro atoms. The summed E-state index contributed by atoms with van der Waals surface area (Å²) in [6.45, 7) is 1.44. The van der Waals surface area contributed by atoms with Gasteiger partial charge >= 0.3 is 5.97 Å². The Kier molecular flexibility index (Phi) is 5.17. The van der Waals surface area contributed by atoms with E-state index >= 15 is 0 Å². The summed E-state index contributed by atoms with van der Waals surface area (Å²) in [6.07, 6.45) is -1.99. The molecule has 96 valence electrons. The summed E-state index contributed by atoms with van der Waals surface area (Å²) < 4.78 is 20.6. The van der Waals surface area contributed by atoms with E-state index in [0.29, 0.717) is 0 Å². The zero-order valence-corrected chi connectivity index (χ0v) is 9.90. The quantitative estimate of drug-likeness (QED) is 0.232. The minimum absolute atomic E-state index is 0.163. The first-order valence-corrected chi connectivity index (χ1v) is 5.02. The molecule has 0 aromatic carbocycles. The van der Waals surface area contributed by atoms with Crippen LogP contribution in [0.1, 0.15) is 6.92 Å². The Morgan fingerprint density at radius 2 is 2.18 bits per heavy atom. The third kappa shape index (κ3) is 3.31. The lowest BCUT2D eigenvalue weighted by molar-refractivity contribution is -0.193. The van der Waals surface area contributed by atoms with Crippen molar-refractivity contribution in [3.05, 3.63) is 10.4 Å². The van der Waals surface area contributed by atoms with E-state index < -0.39 is 30.5 Å². The summed E-state index contributed by atoms with van der Waals surface area (Å²) in [7, 11) is 2.90. The van der Waals surface area contributed by atoms with Crippen LogP contribution in [-0.2, 0) is 23.7 Å². The van der Waals surface area contributed by atoms with Crippen molar-refractivity contribution in [3.63, 3.8) is 0 Å². The van der Waals surface area contributed by atoms with E-state index in [4.69, 9.17) is 24.5 Å². The number of methoxy groups -OCH3 is 2. The summed E-state index contributed by atoms with van der Waals surface area (Å²) in [5.41, 5.74) is 8.42. The monoisotopic (exact) mass is 245 g/mol. The maximum atomic E-state index is 11.0. The number of nitrogens with zero attached hydrogens (tertiary/aromatic N) is 3. The summed E-state index contributed by atoms with van der Waals surface area (Å²) >= 11 is 0. The normalized spacial score (nSPS) is 27.9. The molecule has 1 heterocycles. The third-order valence-corrected chi connectivity index (χ3v) is 2.40. The van der Waals surface area contributed by atoms with Gasteiger partial charge in [0.25, 0.3) is 0 Å². The maximum Gasteiger partial charge on any atom is 0.303 e. The van der Waals surface area contributed by atoms with Gasteiger partial charge in [-0.25, -0.2) is 0 Å². The Labute approximate surface area is 98.4 Å². The second-order valence-electron chi connectivity index (χ2n) is 3.48. The molecule has 8 nitrogen and oxygen atoms in total. The minimum atomic E-state index is -0.701. The summed E-state index contributed by atoms with van der Waals surface area (Å²) in [5.74, 6) is -0.477. The van der Waals surface area contributed by atoms with E-state index in [1.807, 2.05) is 0 Å². The first-order valence-electron chi connectivity index (χ1n) is 5.02. The Bertz CT molecular complexity index is 314. The van der Waals surface area contributed by atoms with Crippen LogP contribution in [0.2, 0.25) is 0 Å². The molecule has 0 aromatic rings. The summed E-state index contributed by atoms with van der Waals surface area (Å²) in [4.78, 5) is 13.7. The molecule has 0 radical (unpaired) electrons. The molecule has 0 bridgehead atoms. The number of azide groups is 1. The molecule has 0 aliphatic carbocycles. The van der Waals surface area contributed by atoms with Crippen LogP contribution >= 0.6 is 0 Å². The largest absolute Gasteiger partial charge is 0.459 e. The van der Waals surface area contributed by atoms with Crippen LogP contribution in [0, 0.1) is 0 Å². The molecule has 1 saturated heterocycles. The topological polar surface area (TPSA) is 103 Å². The molecule has 0 N–H and O–H groups in total. The van der Waals surface area contributed by atoms with Gasteiger partial charge < -0.3 is 18.9 Å². The van der Waals surface area contributed by atoms with E-state index in [0.717, 1.165) is 0 Å². The molecule has 0 unspecified atom stereocenters. The predicted octanol–water partition coefficient (Wildman–Crippen LogP) is 0.615. The van der Waals surface area contributed by atoms with Gasteiger partial charge in [-0.2, -0.15) is 0 Å². The van der Waals surface area contributed by atoms with E-state index in [1.54, 1.807) is 0 Å². The molecular formula is C9H15N3O5. The number of hydrogen-bond donors (Lipinski definition) is 0. The van der Waals surface area contributed by atoms with Gasteiger partial charge in [-0.05, 0) is 5.53 Å². The lowest BCUT2D eigenvalue weighted by Gasteiger charge is -2.25. The van der Waals surface area contributed by atoms with Crippen molar-refractivity contribution in [3.8, 4) is 0 Å². The highest BCUT2D eigenvalue weighted by molar-refractivity contribution is 5.66. The second-order valence-corrected chi connectivity index (χ2v) is 3.48. The number of esters is 1. The van der Waals surface area contributed by atoms with Crippen LogP contribution in [-0.4, -0.2) is 51.3 Å². The van der Waals surface area contributed by atoms with Crippen molar-refractivity contribution in [1.29, 1.82) is 0 Å². The Morgan fingerprint density at radius 3 is 2.65 bits per heavy atom. The van der Waals surface area contributed by atoms with E-state index in [1.165, 1.54) is 21.1 Å². The van der Waals surface area contributed by atoms with Gasteiger partial charge in [0.05, 0.1) is 6.61 Å². The fourth-order valence-corrected chi connectivity index (χ4v) is 1.72. The first kappa shape index (κ1) is 13.7. The van der Waals surface area contributed by atoms with Crippen LogP contribution in [0.25, 0.3) is 10.4 Å². The average Bonchev–Trinajstić information content (AvgIpc) is 2.65. The van der Waals surface area contributed by atoms with Crippen molar-refractivity contribution in [2.45, 2.75) is 31.5 Å². The number of carbonyl (C=O) groups excluding carboxylic acids is 1. The highest BCUT2D eigenvalue weighted by Crippen LogP contribution is 2.25. The van der Waals surface area contributed by atoms with Crippen LogP contribution in [0.5, 0.6) is 0 Å². The number of hydrogen-bond acceptors (Lipinski definition) is 6. The fourth-order valence-electron chi connectivity index (χ4n) is 1.72. The fraction of sp³-hybridized carbons (Fsp3) is 0.889. The minimum Gasteiger partial charge on any atom is -0.459 e. The van der Waals surface area contributed by atoms with Crippen molar-refractivity contribution < 1.29 is 23.7 Å². The van der Waals surface area contributed by atoms with E-state index in [9.17, 15) is 4.79 Å². The van der Waals surface area contributed by atoms with Gasteiger partial charge in [-0.3, -0.25) is 4.79 Å². The van der Waals surface area contributed by atoms with Crippen LogP contribution in [0.15, 0.2) is 5.11 Å². The zero-order chi connectivity index (χ0) is 12.8. The van der Waals surface area contributed by atoms with Gasteiger partial charge in [0.2, 0.25) is 0 Å². The molecule has 1 aliphatic rings. The van der Waals surface area contributed by atoms with E-state index in [2.05, 4.69) is 10.0 Å². The Hall–Kier alpha value is -1.34. The molecule has 1 rings (SSSR count). The highest BCUT2D eigenvalue weighted by atomic mass is 16.7. The zero-order valence-electron chi connectivity index (χ0n) is 9.90. The SMILES string of the molecule is COC(OC)[C@@H]1OC[C@H](N=[N+]=[N-])[C@H]1OC(C)=O. The molecule has 8 heteroatoms. The van der Waals surface area contributed by atoms with Crippen molar-refractivity contribution >= 4 is 5.97 Å². The van der Waals surface area contributed by atoms with Crippen molar-refractivity contribution in [2.75, 3.05) is 20.8 Å². The number of rotatable bonds is 5. The standard InChI is InChI=1S/C9H15N3O5/c1-5(13)17-7-6(11-12-10)4-16-8(7)9(14-2)15-3/h6-9H,4H2,1-3H3/t6-,7+,8+/m0/s1. The number of carbonyl (C=O) groups is 1. The molecule has 3 atom stereocenters. The van der Waals surface area contributed by atoms with Gasteiger partial charge in [0.15, 0.2) is 6.29 Å². The van der Waals surface area contributed by atoms with E-state index in [-0.39, 0.29) is 6.61 Å². The van der Waals surface area contributed by atoms with Gasteiger partial charge in [-0.1, -0.05) is 5.11 Å². The average molecular weight is 245 g/mol. The smallest absolute Gasteiger partial charge is 0.303 e. The Morgan fingerprint density at radius 1 is 1.53 bits per heavy atom. The predicted molar refractivity (Wildman–Crippen MR) is 56.0 cm³/mol. The van der Waals surface area contributed by atoms with Gasteiger partial charge in [-0.15, -0.1) is 0 Å². The number of ether oxygens (including phenoxy) is 4. The highest BCUT2D eigenvalue weighted by Gasteiger charge is 2.44. The van der Waals surface area contributed by atoms with Crippen LogP contribution in [0.4, 0.5) is 0 Å². The van der Waals surface area contributed by atoms with Crippen LogP contribution < -0.4 is 0 Å². The van der Waals surface area contributed by atoms with Gasteiger partial charge in [0, 0.05) is 26.1 Å². The second kappa shape index (κ2) is 6.41.